The molecule has 1 aromatic carbocycles. The van der Waals surface area contributed by atoms with Crippen molar-refractivity contribution >= 4 is 5.96 Å². The topological polar surface area (TPSA) is 69.6 Å². The molecule has 1 saturated heterocycles. The van der Waals surface area contributed by atoms with E-state index in [0.29, 0.717) is 5.92 Å². The van der Waals surface area contributed by atoms with Crippen molar-refractivity contribution in [2.75, 3.05) is 53.5 Å². The van der Waals surface area contributed by atoms with Gasteiger partial charge in [0.25, 0.3) is 0 Å². The number of aliphatic hydroxyl groups is 1. The number of nitrogens with one attached hydrogen (secondary N) is 1. The maximum absolute atomic E-state index is 10.1. The Morgan fingerprint density at radius 1 is 1.14 bits per heavy atom. The van der Waals surface area contributed by atoms with Crippen LogP contribution in [0.1, 0.15) is 31.7 Å². The number of nitrogens with zero attached hydrogens (tertiary/aromatic N) is 3. The smallest absolute Gasteiger partial charge is 0.194 e. The first-order valence-electron chi connectivity index (χ1n) is 10.8. The van der Waals surface area contributed by atoms with Crippen LogP contribution in [0.3, 0.4) is 0 Å². The molecule has 29 heavy (non-hydrogen) atoms. The summed E-state index contributed by atoms with van der Waals surface area (Å²) in [6.07, 6.45) is 2.95. The van der Waals surface area contributed by atoms with E-state index in [0.717, 1.165) is 82.5 Å². The van der Waals surface area contributed by atoms with Crippen molar-refractivity contribution in [3.8, 4) is 11.5 Å². The van der Waals surface area contributed by atoms with Crippen LogP contribution in [0.4, 0.5) is 0 Å². The molecular formula is C22H36N4O3. The third kappa shape index (κ3) is 5.76. The van der Waals surface area contributed by atoms with Crippen molar-refractivity contribution in [2.24, 2.45) is 10.9 Å². The zero-order chi connectivity index (χ0) is 20.6. The average molecular weight is 405 g/mol. The second-order valence-corrected chi connectivity index (χ2v) is 7.91. The summed E-state index contributed by atoms with van der Waals surface area (Å²) in [6.45, 7) is 8.46. The van der Waals surface area contributed by atoms with Gasteiger partial charge in [-0.05, 0) is 37.5 Å². The second kappa shape index (κ2) is 10.7. The van der Waals surface area contributed by atoms with E-state index in [1.165, 1.54) is 5.56 Å². The van der Waals surface area contributed by atoms with Gasteiger partial charge >= 0.3 is 0 Å². The maximum atomic E-state index is 10.1. The van der Waals surface area contributed by atoms with Crippen LogP contribution in [-0.2, 0) is 6.54 Å². The van der Waals surface area contributed by atoms with Crippen molar-refractivity contribution < 1.29 is 14.6 Å². The molecule has 0 bridgehead atoms. The van der Waals surface area contributed by atoms with Gasteiger partial charge in [0.1, 0.15) is 0 Å². The fraction of sp³-hybridized carbons (Fsp3) is 0.682. The molecule has 2 atom stereocenters. The molecule has 2 N–H and O–H groups in total. The minimum absolute atomic E-state index is 0.181. The number of piperazine rings is 1. The molecule has 0 amide bonds. The van der Waals surface area contributed by atoms with E-state index in [9.17, 15) is 5.11 Å². The summed E-state index contributed by atoms with van der Waals surface area (Å²) in [6, 6.07) is 6.13. The van der Waals surface area contributed by atoms with Crippen molar-refractivity contribution in [2.45, 2.75) is 38.8 Å². The van der Waals surface area contributed by atoms with Gasteiger partial charge in [-0.15, -0.1) is 0 Å². The summed E-state index contributed by atoms with van der Waals surface area (Å²) in [5.41, 5.74) is 1.23. The van der Waals surface area contributed by atoms with Gasteiger partial charge in [-0.2, -0.15) is 0 Å². The van der Waals surface area contributed by atoms with Crippen LogP contribution in [-0.4, -0.2) is 80.5 Å². The highest BCUT2D eigenvalue weighted by Gasteiger charge is 2.26. The first-order valence-corrected chi connectivity index (χ1v) is 10.8. The van der Waals surface area contributed by atoms with E-state index < -0.39 is 0 Å². The quantitative estimate of drug-likeness (QED) is 0.535. The lowest BCUT2D eigenvalue weighted by Crippen LogP contribution is -2.52. The SMILES string of the molecule is CCNC(=NCC1CCCC1O)N1CCN(Cc2ccc(OC)c(OC)c2)CC1. The van der Waals surface area contributed by atoms with Gasteiger partial charge in [-0.3, -0.25) is 9.89 Å². The Hall–Kier alpha value is -1.99. The fourth-order valence-electron chi connectivity index (χ4n) is 4.21. The highest BCUT2D eigenvalue weighted by molar-refractivity contribution is 5.80. The van der Waals surface area contributed by atoms with Gasteiger partial charge in [0.15, 0.2) is 17.5 Å². The predicted molar refractivity (Wildman–Crippen MR) is 116 cm³/mol. The Morgan fingerprint density at radius 3 is 2.52 bits per heavy atom. The summed E-state index contributed by atoms with van der Waals surface area (Å²) in [7, 11) is 3.33. The van der Waals surface area contributed by atoms with Gasteiger partial charge in [0, 0.05) is 51.7 Å². The fourth-order valence-corrected chi connectivity index (χ4v) is 4.21. The normalized spacial score (nSPS) is 23.3. The number of guanidine groups is 1. The Kier molecular flexibility index (Phi) is 8.00. The first-order chi connectivity index (χ1) is 14.1. The van der Waals surface area contributed by atoms with Crippen molar-refractivity contribution in [3.05, 3.63) is 23.8 Å². The van der Waals surface area contributed by atoms with E-state index in [1.807, 2.05) is 6.07 Å². The van der Waals surface area contributed by atoms with Crippen LogP contribution < -0.4 is 14.8 Å². The zero-order valence-corrected chi connectivity index (χ0v) is 18.1. The Bertz CT molecular complexity index is 674. The van der Waals surface area contributed by atoms with E-state index in [4.69, 9.17) is 14.5 Å². The molecule has 1 aliphatic carbocycles. The molecule has 2 unspecified atom stereocenters. The van der Waals surface area contributed by atoms with E-state index in [-0.39, 0.29) is 6.10 Å². The Balaban J connectivity index is 1.54. The summed E-state index contributed by atoms with van der Waals surface area (Å²) >= 11 is 0. The van der Waals surface area contributed by atoms with Crippen LogP contribution in [0, 0.1) is 5.92 Å². The number of aliphatic imine (C=N–C) groups is 1. The van der Waals surface area contributed by atoms with Crippen molar-refractivity contribution in [1.82, 2.24) is 15.1 Å². The molecule has 0 spiro atoms. The molecule has 0 aromatic heterocycles. The molecular weight excluding hydrogens is 368 g/mol. The molecule has 1 heterocycles. The monoisotopic (exact) mass is 404 g/mol. The molecule has 7 heteroatoms. The third-order valence-electron chi connectivity index (χ3n) is 5.96. The zero-order valence-electron chi connectivity index (χ0n) is 18.1. The second-order valence-electron chi connectivity index (χ2n) is 7.91. The van der Waals surface area contributed by atoms with Gasteiger partial charge in [-0.25, -0.2) is 0 Å². The van der Waals surface area contributed by atoms with E-state index >= 15 is 0 Å². The molecule has 7 nitrogen and oxygen atoms in total. The molecule has 1 aromatic rings. The molecule has 1 aliphatic heterocycles. The van der Waals surface area contributed by atoms with E-state index in [2.05, 4.69) is 34.2 Å². The van der Waals surface area contributed by atoms with Crippen LogP contribution >= 0.6 is 0 Å². The lowest BCUT2D eigenvalue weighted by atomic mass is 10.1. The van der Waals surface area contributed by atoms with Gasteiger partial charge in [-0.1, -0.05) is 12.5 Å². The summed E-state index contributed by atoms with van der Waals surface area (Å²) in [5, 5.41) is 13.5. The van der Waals surface area contributed by atoms with Crippen molar-refractivity contribution in [3.63, 3.8) is 0 Å². The molecule has 3 rings (SSSR count). The molecule has 2 fully saturated rings. The summed E-state index contributed by atoms with van der Waals surface area (Å²) < 4.78 is 10.8. The summed E-state index contributed by atoms with van der Waals surface area (Å²) in [5.74, 6) is 2.84. The first kappa shape index (κ1) is 21.7. The van der Waals surface area contributed by atoms with Gasteiger partial charge in [0.2, 0.25) is 0 Å². The highest BCUT2D eigenvalue weighted by Crippen LogP contribution is 2.28. The molecule has 0 radical (unpaired) electrons. The highest BCUT2D eigenvalue weighted by atomic mass is 16.5. The van der Waals surface area contributed by atoms with Crippen LogP contribution in [0.15, 0.2) is 23.2 Å². The Labute approximate surface area is 174 Å². The number of methoxy groups -OCH3 is 2. The number of benzene rings is 1. The number of ether oxygens (including phenoxy) is 2. The van der Waals surface area contributed by atoms with Crippen LogP contribution in [0.2, 0.25) is 0 Å². The van der Waals surface area contributed by atoms with Gasteiger partial charge < -0.3 is 24.8 Å². The predicted octanol–water partition coefficient (Wildman–Crippen LogP) is 1.95. The third-order valence-corrected chi connectivity index (χ3v) is 5.96. The largest absolute Gasteiger partial charge is 0.493 e. The Morgan fingerprint density at radius 2 is 1.90 bits per heavy atom. The lowest BCUT2D eigenvalue weighted by Gasteiger charge is -2.36. The van der Waals surface area contributed by atoms with Gasteiger partial charge in [0.05, 0.1) is 20.3 Å². The molecule has 2 aliphatic rings. The van der Waals surface area contributed by atoms with E-state index in [1.54, 1.807) is 14.2 Å². The number of rotatable bonds is 7. The minimum Gasteiger partial charge on any atom is -0.493 e. The van der Waals surface area contributed by atoms with Crippen LogP contribution in [0.25, 0.3) is 0 Å². The van der Waals surface area contributed by atoms with Crippen molar-refractivity contribution in [1.29, 1.82) is 0 Å². The molecule has 162 valence electrons. The van der Waals surface area contributed by atoms with Crippen LogP contribution in [0.5, 0.6) is 11.5 Å². The molecule has 1 saturated carbocycles. The minimum atomic E-state index is -0.181. The lowest BCUT2D eigenvalue weighted by molar-refractivity contribution is 0.136. The summed E-state index contributed by atoms with van der Waals surface area (Å²) in [4.78, 5) is 9.65. The average Bonchev–Trinajstić information content (AvgIpc) is 3.16. The number of aliphatic hydroxyl groups excluding tert-OH is 1. The number of hydrogen-bond acceptors (Lipinski definition) is 5. The maximum Gasteiger partial charge on any atom is 0.194 e. The standard InChI is InChI=1S/C22H36N4O3/c1-4-23-22(24-15-18-6-5-7-19(18)27)26-12-10-25(11-13-26)16-17-8-9-20(28-2)21(14-17)29-3/h8-9,14,18-19,27H,4-7,10-13,15-16H2,1-3H3,(H,23,24). The number of hydrogen-bond donors (Lipinski definition) is 2.